The van der Waals surface area contributed by atoms with E-state index in [-0.39, 0.29) is 0 Å². The van der Waals surface area contributed by atoms with Gasteiger partial charge in [0.2, 0.25) is 0 Å². The number of benzene rings is 3. The first kappa shape index (κ1) is 22.8. The van der Waals surface area contributed by atoms with Gasteiger partial charge in [-0.25, -0.2) is 4.98 Å². The molecule has 35 heavy (non-hydrogen) atoms. The van der Waals surface area contributed by atoms with Crippen molar-refractivity contribution in [3.63, 3.8) is 0 Å². The van der Waals surface area contributed by atoms with Gasteiger partial charge in [-0.1, -0.05) is 72.3 Å². The van der Waals surface area contributed by atoms with Crippen molar-refractivity contribution in [2.24, 2.45) is 0 Å². The van der Waals surface area contributed by atoms with Gasteiger partial charge in [-0.05, 0) is 55.2 Å². The van der Waals surface area contributed by atoms with Crippen LogP contribution in [0.2, 0.25) is 0 Å². The Morgan fingerprint density at radius 1 is 0.771 bits per heavy atom. The average Bonchev–Trinajstić information content (AvgIpc) is 3.29. The summed E-state index contributed by atoms with van der Waals surface area (Å²) in [7, 11) is 0. The number of H-pyrrole nitrogens is 1. The van der Waals surface area contributed by atoms with E-state index in [0.29, 0.717) is 13.2 Å². The lowest BCUT2D eigenvalue weighted by molar-refractivity contribution is 0.107. The third kappa shape index (κ3) is 4.93. The Hall–Kier alpha value is -4.02. The maximum absolute atomic E-state index is 6.11. The number of aromatic amines is 1. The molecule has 2 aromatic heterocycles. The van der Waals surface area contributed by atoms with Crippen LogP contribution >= 0.6 is 0 Å². The standard InChI is InChI=1S/C31H29N3O/c1-21-17-22(2)28(23(3)18-21)31-33-29(25-13-15-32-16-14-25)30(34-31)27-12-8-7-11-26(27)20-35-19-24-9-5-4-6-10-24/h4-18H,19-20H2,1-3H3,(H,33,34). The SMILES string of the molecule is Cc1cc(C)c(-c2nc(-c3ccncc3)c(-c3ccccc3COCc3ccccc3)[nH]2)c(C)c1. The van der Waals surface area contributed by atoms with Crippen molar-refractivity contribution >= 4 is 0 Å². The van der Waals surface area contributed by atoms with Crippen molar-refractivity contribution in [3.8, 4) is 33.9 Å². The van der Waals surface area contributed by atoms with Gasteiger partial charge in [0.05, 0.1) is 24.6 Å². The Kier molecular flexibility index (Phi) is 6.55. The molecule has 0 saturated heterocycles. The number of rotatable bonds is 7. The molecular formula is C31H29N3O. The fraction of sp³-hybridized carbons (Fsp3) is 0.161. The van der Waals surface area contributed by atoms with E-state index < -0.39 is 0 Å². The van der Waals surface area contributed by atoms with Gasteiger partial charge in [0.1, 0.15) is 5.82 Å². The molecular weight excluding hydrogens is 430 g/mol. The Morgan fingerprint density at radius 3 is 2.20 bits per heavy atom. The van der Waals surface area contributed by atoms with E-state index in [1.165, 1.54) is 16.7 Å². The molecule has 0 bridgehead atoms. The highest BCUT2D eigenvalue weighted by atomic mass is 16.5. The van der Waals surface area contributed by atoms with Crippen LogP contribution in [0, 0.1) is 20.8 Å². The van der Waals surface area contributed by atoms with Gasteiger partial charge in [0.15, 0.2) is 0 Å². The van der Waals surface area contributed by atoms with E-state index in [0.717, 1.165) is 45.0 Å². The molecule has 3 aromatic carbocycles. The third-order valence-electron chi connectivity index (χ3n) is 6.23. The second kappa shape index (κ2) is 10.1. The molecule has 4 nitrogen and oxygen atoms in total. The minimum absolute atomic E-state index is 0.512. The summed E-state index contributed by atoms with van der Waals surface area (Å²) in [6, 6.07) is 27.1. The van der Waals surface area contributed by atoms with E-state index in [1.807, 2.05) is 42.7 Å². The highest BCUT2D eigenvalue weighted by Gasteiger charge is 2.19. The minimum atomic E-state index is 0.512. The van der Waals surface area contributed by atoms with Crippen molar-refractivity contribution < 1.29 is 4.74 Å². The summed E-state index contributed by atoms with van der Waals surface area (Å²) >= 11 is 0. The quantitative estimate of drug-likeness (QED) is 0.275. The normalized spacial score (nSPS) is 11.1. The zero-order chi connectivity index (χ0) is 24.2. The molecule has 174 valence electrons. The van der Waals surface area contributed by atoms with Gasteiger partial charge in [0, 0.05) is 29.1 Å². The summed E-state index contributed by atoms with van der Waals surface area (Å²) in [5, 5.41) is 0. The van der Waals surface area contributed by atoms with E-state index in [9.17, 15) is 0 Å². The lowest BCUT2D eigenvalue weighted by Gasteiger charge is -2.11. The summed E-state index contributed by atoms with van der Waals surface area (Å²) in [4.78, 5) is 13.0. The smallest absolute Gasteiger partial charge is 0.139 e. The van der Waals surface area contributed by atoms with Gasteiger partial charge in [-0.2, -0.15) is 0 Å². The molecule has 0 amide bonds. The highest BCUT2D eigenvalue weighted by molar-refractivity contribution is 5.83. The molecule has 5 rings (SSSR count). The minimum Gasteiger partial charge on any atom is -0.372 e. The molecule has 0 aliphatic rings. The topological polar surface area (TPSA) is 50.8 Å². The number of imidazole rings is 1. The van der Waals surface area contributed by atoms with Crippen molar-refractivity contribution in [1.29, 1.82) is 0 Å². The second-order valence-electron chi connectivity index (χ2n) is 8.95. The molecule has 0 atom stereocenters. The largest absolute Gasteiger partial charge is 0.372 e. The second-order valence-corrected chi connectivity index (χ2v) is 8.95. The van der Waals surface area contributed by atoms with Crippen LogP contribution in [-0.4, -0.2) is 15.0 Å². The molecule has 5 aromatic rings. The first-order chi connectivity index (χ1) is 17.1. The van der Waals surface area contributed by atoms with Crippen molar-refractivity contribution in [1.82, 2.24) is 15.0 Å². The number of nitrogens with zero attached hydrogens (tertiary/aromatic N) is 2. The molecule has 1 N–H and O–H groups in total. The number of ether oxygens (including phenoxy) is 1. The first-order valence-corrected chi connectivity index (χ1v) is 11.9. The predicted octanol–water partition coefficient (Wildman–Crippen LogP) is 7.45. The Morgan fingerprint density at radius 2 is 1.46 bits per heavy atom. The average molecular weight is 460 g/mol. The zero-order valence-corrected chi connectivity index (χ0v) is 20.4. The van der Waals surface area contributed by atoms with E-state index in [2.05, 4.69) is 79.3 Å². The van der Waals surface area contributed by atoms with Gasteiger partial charge < -0.3 is 9.72 Å². The van der Waals surface area contributed by atoms with Crippen LogP contribution in [0.5, 0.6) is 0 Å². The molecule has 0 saturated carbocycles. The van der Waals surface area contributed by atoms with Crippen LogP contribution in [0.4, 0.5) is 0 Å². The van der Waals surface area contributed by atoms with E-state index in [4.69, 9.17) is 9.72 Å². The van der Waals surface area contributed by atoms with E-state index >= 15 is 0 Å². The number of nitrogens with one attached hydrogen (secondary N) is 1. The van der Waals surface area contributed by atoms with Crippen LogP contribution in [0.3, 0.4) is 0 Å². The van der Waals surface area contributed by atoms with Crippen LogP contribution in [0.15, 0.2) is 91.3 Å². The lowest BCUT2D eigenvalue weighted by atomic mass is 9.99. The summed E-state index contributed by atoms with van der Waals surface area (Å²) in [6.45, 7) is 7.51. The molecule has 0 unspecified atom stereocenters. The highest BCUT2D eigenvalue weighted by Crippen LogP contribution is 2.36. The molecule has 0 radical (unpaired) electrons. The van der Waals surface area contributed by atoms with Crippen molar-refractivity contribution in [2.75, 3.05) is 0 Å². The first-order valence-electron chi connectivity index (χ1n) is 11.9. The number of aryl methyl sites for hydroxylation is 3. The number of pyridine rings is 1. The Balaban J connectivity index is 1.57. The Labute approximate surface area is 206 Å². The van der Waals surface area contributed by atoms with Crippen LogP contribution < -0.4 is 0 Å². The fourth-order valence-electron chi connectivity index (χ4n) is 4.70. The summed E-state index contributed by atoms with van der Waals surface area (Å²) in [5.74, 6) is 0.877. The lowest BCUT2D eigenvalue weighted by Crippen LogP contribution is -1.97. The third-order valence-corrected chi connectivity index (χ3v) is 6.23. The number of aromatic nitrogens is 3. The van der Waals surface area contributed by atoms with Gasteiger partial charge in [-0.3, -0.25) is 4.98 Å². The van der Waals surface area contributed by atoms with Gasteiger partial charge >= 0.3 is 0 Å². The number of hydrogen-bond donors (Lipinski definition) is 1. The van der Waals surface area contributed by atoms with Crippen LogP contribution in [0.1, 0.15) is 27.8 Å². The summed E-state index contributed by atoms with van der Waals surface area (Å²) in [6.07, 6.45) is 3.62. The fourth-order valence-corrected chi connectivity index (χ4v) is 4.70. The summed E-state index contributed by atoms with van der Waals surface area (Å²) in [5.41, 5.74) is 11.1. The van der Waals surface area contributed by atoms with E-state index in [1.54, 1.807) is 0 Å². The van der Waals surface area contributed by atoms with Gasteiger partial charge in [-0.15, -0.1) is 0 Å². The maximum Gasteiger partial charge on any atom is 0.139 e. The molecule has 0 aliphatic heterocycles. The zero-order valence-electron chi connectivity index (χ0n) is 20.4. The van der Waals surface area contributed by atoms with Crippen molar-refractivity contribution in [2.45, 2.75) is 34.0 Å². The number of hydrogen-bond acceptors (Lipinski definition) is 3. The molecule has 0 aliphatic carbocycles. The molecule has 0 spiro atoms. The Bertz CT molecular complexity index is 1420. The molecule has 4 heteroatoms. The predicted molar refractivity (Wildman–Crippen MR) is 142 cm³/mol. The van der Waals surface area contributed by atoms with Gasteiger partial charge in [0.25, 0.3) is 0 Å². The van der Waals surface area contributed by atoms with Crippen molar-refractivity contribution in [3.05, 3.63) is 119 Å². The van der Waals surface area contributed by atoms with Crippen LogP contribution in [-0.2, 0) is 18.0 Å². The summed E-state index contributed by atoms with van der Waals surface area (Å²) < 4.78 is 6.11. The molecule has 0 fully saturated rings. The maximum atomic E-state index is 6.11. The monoisotopic (exact) mass is 459 g/mol. The van der Waals surface area contributed by atoms with Crippen LogP contribution in [0.25, 0.3) is 33.9 Å². The molecule has 2 heterocycles.